The van der Waals surface area contributed by atoms with Crippen LogP contribution in [-0.2, 0) is 6.18 Å². The van der Waals surface area contributed by atoms with Crippen molar-refractivity contribution in [2.75, 3.05) is 6.54 Å². The Hall–Kier alpha value is -1.29. The van der Waals surface area contributed by atoms with Gasteiger partial charge in [-0.15, -0.1) is 0 Å². The van der Waals surface area contributed by atoms with E-state index in [0.29, 0.717) is 0 Å². The molecule has 1 aromatic rings. The van der Waals surface area contributed by atoms with E-state index in [1.165, 1.54) is 30.5 Å². The molecule has 0 fully saturated rings. The van der Waals surface area contributed by atoms with Crippen LogP contribution in [-0.4, -0.2) is 6.54 Å². The molecule has 0 saturated heterocycles. The van der Waals surface area contributed by atoms with Crippen LogP contribution >= 0.6 is 0 Å². The lowest BCUT2D eigenvalue weighted by Gasteiger charge is -2.23. The highest BCUT2D eigenvalue weighted by Gasteiger charge is 2.31. The highest BCUT2D eigenvalue weighted by atomic mass is 19.4. The fourth-order valence-corrected chi connectivity index (χ4v) is 2.84. The molecule has 0 aliphatic heterocycles. The van der Waals surface area contributed by atoms with Crippen LogP contribution in [0.15, 0.2) is 35.9 Å². The van der Waals surface area contributed by atoms with Gasteiger partial charge in [-0.3, -0.25) is 0 Å². The zero-order valence-corrected chi connectivity index (χ0v) is 12.3. The van der Waals surface area contributed by atoms with E-state index in [0.717, 1.165) is 37.4 Å². The maximum atomic E-state index is 12.8. The zero-order chi connectivity index (χ0) is 15.3. The summed E-state index contributed by atoms with van der Waals surface area (Å²) >= 11 is 0. The Balaban J connectivity index is 2.19. The van der Waals surface area contributed by atoms with Crippen molar-refractivity contribution in [2.24, 2.45) is 0 Å². The van der Waals surface area contributed by atoms with Gasteiger partial charge in [-0.25, -0.2) is 0 Å². The Morgan fingerprint density at radius 2 is 2.05 bits per heavy atom. The lowest BCUT2D eigenvalue weighted by atomic mass is 9.91. The summed E-state index contributed by atoms with van der Waals surface area (Å²) in [6.45, 7) is 2.73. The van der Waals surface area contributed by atoms with Gasteiger partial charge in [0.25, 0.3) is 0 Å². The van der Waals surface area contributed by atoms with Gasteiger partial charge in [-0.2, -0.15) is 13.2 Å². The largest absolute Gasteiger partial charge is 0.416 e. The van der Waals surface area contributed by atoms with Crippen LogP contribution in [0.5, 0.6) is 0 Å². The Morgan fingerprint density at radius 3 is 2.67 bits per heavy atom. The monoisotopic (exact) mass is 297 g/mol. The van der Waals surface area contributed by atoms with E-state index in [-0.39, 0.29) is 6.04 Å². The van der Waals surface area contributed by atoms with Crippen LogP contribution in [0.2, 0.25) is 0 Å². The Morgan fingerprint density at radius 1 is 1.24 bits per heavy atom. The normalized spacial score (nSPS) is 17.4. The Bertz CT molecular complexity index is 491. The highest BCUT2D eigenvalue weighted by molar-refractivity contribution is 5.29. The van der Waals surface area contributed by atoms with Crippen LogP contribution in [0.25, 0.3) is 0 Å². The third-order valence-corrected chi connectivity index (χ3v) is 3.92. The molecule has 0 bridgehead atoms. The van der Waals surface area contributed by atoms with Crippen molar-refractivity contribution in [1.29, 1.82) is 0 Å². The second-order valence-corrected chi connectivity index (χ2v) is 5.55. The molecule has 1 atom stereocenters. The summed E-state index contributed by atoms with van der Waals surface area (Å²) in [5.74, 6) is 0. The molecule has 0 radical (unpaired) electrons. The summed E-state index contributed by atoms with van der Waals surface area (Å²) in [6.07, 6.45) is 3.34. The second-order valence-electron chi connectivity index (χ2n) is 5.55. The van der Waals surface area contributed by atoms with E-state index in [2.05, 4.69) is 11.4 Å². The first kappa shape index (κ1) is 16.1. The molecule has 1 aliphatic rings. The molecule has 0 spiro atoms. The van der Waals surface area contributed by atoms with E-state index in [1.54, 1.807) is 6.07 Å². The lowest BCUT2D eigenvalue weighted by molar-refractivity contribution is -0.137. The van der Waals surface area contributed by atoms with Crippen LogP contribution in [0.3, 0.4) is 0 Å². The van der Waals surface area contributed by atoms with Crippen molar-refractivity contribution in [3.05, 3.63) is 47.0 Å². The predicted octanol–water partition coefficient (Wildman–Crippen LogP) is 5.25. The molecule has 0 heterocycles. The molecule has 1 N–H and O–H groups in total. The Labute approximate surface area is 124 Å². The number of hydrogen-bond donors (Lipinski definition) is 1. The van der Waals surface area contributed by atoms with E-state index >= 15 is 0 Å². The van der Waals surface area contributed by atoms with Crippen molar-refractivity contribution in [1.82, 2.24) is 5.32 Å². The average Bonchev–Trinajstić information content (AvgIpc) is 2.47. The van der Waals surface area contributed by atoms with Crippen molar-refractivity contribution in [3.63, 3.8) is 0 Å². The summed E-state index contributed by atoms with van der Waals surface area (Å²) in [7, 11) is 0. The van der Waals surface area contributed by atoms with Crippen molar-refractivity contribution in [3.8, 4) is 0 Å². The van der Waals surface area contributed by atoms with Crippen LogP contribution < -0.4 is 5.32 Å². The van der Waals surface area contributed by atoms with E-state index < -0.39 is 11.7 Å². The number of alkyl halides is 3. The molecule has 1 aromatic carbocycles. The first-order valence-electron chi connectivity index (χ1n) is 7.59. The highest BCUT2D eigenvalue weighted by Crippen LogP contribution is 2.33. The van der Waals surface area contributed by atoms with Crippen molar-refractivity contribution < 1.29 is 13.2 Å². The SMILES string of the molecule is CCNC(CC1=CCCCC1)c1cccc(C(F)(F)F)c1. The van der Waals surface area contributed by atoms with Gasteiger partial charge in [-0.1, -0.05) is 30.7 Å². The zero-order valence-electron chi connectivity index (χ0n) is 12.3. The van der Waals surface area contributed by atoms with Gasteiger partial charge < -0.3 is 5.32 Å². The van der Waals surface area contributed by atoms with Crippen LogP contribution in [0.4, 0.5) is 13.2 Å². The standard InChI is InChI=1S/C17H22F3N/c1-2-21-16(11-13-7-4-3-5-8-13)14-9-6-10-15(12-14)17(18,19)20/h6-7,9-10,12,16,21H,2-5,8,11H2,1H3. The third-order valence-electron chi connectivity index (χ3n) is 3.92. The number of hydrogen-bond acceptors (Lipinski definition) is 1. The lowest BCUT2D eigenvalue weighted by Crippen LogP contribution is -2.22. The molecule has 116 valence electrons. The number of benzene rings is 1. The summed E-state index contributed by atoms with van der Waals surface area (Å²) < 4.78 is 38.5. The molecule has 1 nitrogen and oxygen atoms in total. The smallest absolute Gasteiger partial charge is 0.310 e. The van der Waals surface area contributed by atoms with Crippen molar-refractivity contribution in [2.45, 2.75) is 51.2 Å². The molecule has 0 amide bonds. The van der Waals surface area contributed by atoms with Gasteiger partial charge in [0.2, 0.25) is 0 Å². The van der Waals surface area contributed by atoms with Crippen LogP contribution in [0, 0.1) is 0 Å². The summed E-state index contributed by atoms with van der Waals surface area (Å²) in [5, 5.41) is 3.32. The van der Waals surface area contributed by atoms with Crippen molar-refractivity contribution >= 4 is 0 Å². The third kappa shape index (κ3) is 4.60. The molecule has 1 aliphatic carbocycles. The topological polar surface area (TPSA) is 12.0 Å². The minimum absolute atomic E-state index is 0.0401. The van der Waals surface area contributed by atoms with Gasteiger partial charge in [-0.05, 0) is 56.3 Å². The molecule has 2 rings (SSSR count). The summed E-state index contributed by atoms with van der Waals surface area (Å²) in [5.41, 5.74) is 1.52. The molecule has 0 saturated carbocycles. The summed E-state index contributed by atoms with van der Waals surface area (Å²) in [6, 6.07) is 5.65. The van der Waals surface area contributed by atoms with Gasteiger partial charge in [0.1, 0.15) is 0 Å². The van der Waals surface area contributed by atoms with E-state index in [4.69, 9.17) is 0 Å². The number of allylic oxidation sites excluding steroid dienone is 1. The minimum Gasteiger partial charge on any atom is -0.310 e. The number of nitrogens with one attached hydrogen (secondary N) is 1. The first-order valence-corrected chi connectivity index (χ1v) is 7.59. The van der Waals surface area contributed by atoms with Gasteiger partial charge in [0, 0.05) is 6.04 Å². The maximum Gasteiger partial charge on any atom is 0.416 e. The molecule has 21 heavy (non-hydrogen) atoms. The summed E-state index contributed by atoms with van der Waals surface area (Å²) in [4.78, 5) is 0. The van der Waals surface area contributed by atoms with Gasteiger partial charge in [0.05, 0.1) is 5.56 Å². The van der Waals surface area contributed by atoms with Gasteiger partial charge in [0.15, 0.2) is 0 Å². The Kier molecular flexibility index (Phi) is 5.45. The fourth-order valence-electron chi connectivity index (χ4n) is 2.84. The quantitative estimate of drug-likeness (QED) is 0.732. The van der Waals surface area contributed by atoms with E-state index in [9.17, 15) is 13.2 Å². The minimum atomic E-state index is -4.28. The number of rotatable bonds is 5. The first-order chi connectivity index (χ1) is 10.0. The maximum absolute atomic E-state index is 12.8. The fraction of sp³-hybridized carbons (Fsp3) is 0.529. The molecule has 4 heteroatoms. The van der Waals surface area contributed by atoms with E-state index in [1.807, 2.05) is 6.92 Å². The van der Waals surface area contributed by atoms with Crippen LogP contribution in [0.1, 0.15) is 56.2 Å². The van der Waals surface area contributed by atoms with Gasteiger partial charge >= 0.3 is 6.18 Å². The average molecular weight is 297 g/mol. The molecule has 0 aromatic heterocycles. The molecular weight excluding hydrogens is 275 g/mol. The second kappa shape index (κ2) is 7.12. The molecule has 1 unspecified atom stereocenters. The number of halogens is 3. The molecular formula is C17H22F3N. The predicted molar refractivity (Wildman–Crippen MR) is 79.0 cm³/mol.